The molecule has 0 amide bonds. The number of hydrogen-bond acceptors (Lipinski definition) is 6. The SMILES string of the molecule is CCCC/C=C\CCCCCCCC(=O)OCC(COC(=O)CCCCCCCCC/C=C\CCCCCCCCC)OC(=O)CCCCCCCCC/C=C\CCCCCCCC. The minimum atomic E-state index is -0.777. The molecule has 0 aromatic carbocycles. The third-order valence-corrected chi connectivity index (χ3v) is 12.3. The van der Waals surface area contributed by atoms with Gasteiger partial charge in [-0.1, -0.05) is 224 Å². The molecule has 374 valence electrons. The second-order valence-electron chi connectivity index (χ2n) is 18.8. The smallest absolute Gasteiger partial charge is 0.306 e. The molecule has 6 nitrogen and oxygen atoms in total. The Kier molecular flexibility index (Phi) is 51.3. The Balaban J connectivity index is 4.33. The van der Waals surface area contributed by atoms with Crippen molar-refractivity contribution < 1.29 is 28.6 Å². The second kappa shape index (κ2) is 53.2. The maximum atomic E-state index is 12.8. The van der Waals surface area contributed by atoms with E-state index in [-0.39, 0.29) is 31.1 Å². The summed E-state index contributed by atoms with van der Waals surface area (Å²) in [5.41, 5.74) is 0. The average molecular weight is 899 g/mol. The van der Waals surface area contributed by atoms with E-state index in [1.165, 1.54) is 193 Å². The second-order valence-corrected chi connectivity index (χ2v) is 18.8. The summed E-state index contributed by atoms with van der Waals surface area (Å²) in [5.74, 6) is -0.883. The van der Waals surface area contributed by atoms with Crippen molar-refractivity contribution in [2.45, 2.75) is 303 Å². The number of allylic oxidation sites excluding steroid dienone is 6. The highest BCUT2D eigenvalue weighted by Gasteiger charge is 2.19. The molecule has 0 heterocycles. The average Bonchev–Trinajstić information content (AvgIpc) is 3.29. The zero-order chi connectivity index (χ0) is 46.5. The van der Waals surface area contributed by atoms with Gasteiger partial charge in [0.15, 0.2) is 6.10 Å². The molecule has 0 fully saturated rings. The third-order valence-electron chi connectivity index (χ3n) is 12.3. The monoisotopic (exact) mass is 899 g/mol. The van der Waals surface area contributed by atoms with Crippen molar-refractivity contribution in [1.29, 1.82) is 0 Å². The van der Waals surface area contributed by atoms with E-state index in [0.29, 0.717) is 19.3 Å². The van der Waals surface area contributed by atoms with Crippen molar-refractivity contribution in [1.82, 2.24) is 0 Å². The van der Waals surface area contributed by atoms with Gasteiger partial charge in [0, 0.05) is 19.3 Å². The zero-order valence-electron chi connectivity index (χ0n) is 42.8. The fourth-order valence-corrected chi connectivity index (χ4v) is 8.06. The lowest BCUT2D eigenvalue weighted by molar-refractivity contribution is -0.167. The fraction of sp³-hybridized carbons (Fsp3) is 0.845. The molecule has 0 radical (unpaired) electrons. The van der Waals surface area contributed by atoms with Crippen LogP contribution in [0.3, 0.4) is 0 Å². The summed E-state index contributed by atoms with van der Waals surface area (Å²) in [6.45, 7) is 6.61. The van der Waals surface area contributed by atoms with Gasteiger partial charge in [-0.15, -0.1) is 0 Å². The molecule has 0 rings (SSSR count). The molecule has 0 saturated carbocycles. The van der Waals surface area contributed by atoms with Crippen molar-refractivity contribution in [3.63, 3.8) is 0 Å². The molecule has 1 atom stereocenters. The van der Waals surface area contributed by atoms with Gasteiger partial charge in [-0.2, -0.15) is 0 Å². The van der Waals surface area contributed by atoms with Gasteiger partial charge in [-0.05, 0) is 89.9 Å². The molecule has 0 N–H and O–H groups in total. The number of esters is 3. The molecular weight excluding hydrogens is 793 g/mol. The molecule has 0 saturated heterocycles. The Bertz CT molecular complexity index is 1080. The topological polar surface area (TPSA) is 78.9 Å². The van der Waals surface area contributed by atoms with Crippen LogP contribution in [0.1, 0.15) is 297 Å². The molecule has 0 bridgehead atoms. The van der Waals surface area contributed by atoms with Crippen LogP contribution in [0.2, 0.25) is 0 Å². The summed E-state index contributed by atoms with van der Waals surface area (Å²) >= 11 is 0. The van der Waals surface area contributed by atoms with Crippen LogP contribution in [0, 0.1) is 0 Å². The Morgan fingerprint density at radius 1 is 0.297 bits per heavy atom. The van der Waals surface area contributed by atoms with Crippen molar-refractivity contribution in [3.8, 4) is 0 Å². The molecule has 0 aromatic rings. The zero-order valence-corrected chi connectivity index (χ0v) is 42.8. The Hall–Kier alpha value is -2.37. The molecular formula is C58H106O6. The molecule has 0 aliphatic heterocycles. The Labute approximate surface area is 397 Å². The van der Waals surface area contributed by atoms with Gasteiger partial charge in [0.25, 0.3) is 0 Å². The maximum absolute atomic E-state index is 12.8. The number of ether oxygens (including phenoxy) is 3. The lowest BCUT2D eigenvalue weighted by Gasteiger charge is -2.18. The highest BCUT2D eigenvalue weighted by atomic mass is 16.6. The van der Waals surface area contributed by atoms with E-state index in [9.17, 15) is 14.4 Å². The van der Waals surface area contributed by atoms with E-state index < -0.39 is 6.10 Å². The normalized spacial score (nSPS) is 12.2. The first-order valence-electron chi connectivity index (χ1n) is 28.0. The largest absolute Gasteiger partial charge is 0.462 e. The van der Waals surface area contributed by atoms with E-state index in [2.05, 4.69) is 57.2 Å². The van der Waals surface area contributed by atoms with Gasteiger partial charge in [0.2, 0.25) is 0 Å². The van der Waals surface area contributed by atoms with Gasteiger partial charge in [0.05, 0.1) is 0 Å². The predicted octanol–water partition coefficient (Wildman–Crippen LogP) is 18.5. The Morgan fingerprint density at radius 3 is 0.828 bits per heavy atom. The van der Waals surface area contributed by atoms with Crippen LogP contribution in [0.5, 0.6) is 0 Å². The minimum absolute atomic E-state index is 0.0769. The van der Waals surface area contributed by atoms with Crippen LogP contribution < -0.4 is 0 Å². The highest BCUT2D eigenvalue weighted by Crippen LogP contribution is 2.15. The van der Waals surface area contributed by atoms with Crippen LogP contribution in [0.25, 0.3) is 0 Å². The van der Waals surface area contributed by atoms with Crippen molar-refractivity contribution >= 4 is 17.9 Å². The first-order valence-corrected chi connectivity index (χ1v) is 28.0. The number of rotatable bonds is 51. The van der Waals surface area contributed by atoms with Crippen LogP contribution in [0.4, 0.5) is 0 Å². The van der Waals surface area contributed by atoms with Crippen molar-refractivity contribution in [2.75, 3.05) is 13.2 Å². The van der Waals surface area contributed by atoms with Crippen LogP contribution in [-0.4, -0.2) is 37.2 Å². The molecule has 64 heavy (non-hydrogen) atoms. The Morgan fingerprint density at radius 2 is 0.531 bits per heavy atom. The number of carbonyl (C=O) groups is 3. The van der Waals surface area contributed by atoms with Crippen LogP contribution >= 0.6 is 0 Å². The summed E-state index contributed by atoms with van der Waals surface area (Å²) in [6.07, 6.45) is 62.7. The van der Waals surface area contributed by atoms with E-state index in [1.807, 2.05) is 0 Å². The minimum Gasteiger partial charge on any atom is -0.462 e. The summed E-state index contributed by atoms with van der Waals surface area (Å²) < 4.78 is 16.8. The molecule has 1 unspecified atom stereocenters. The van der Waals surface area contributed by atoms with Crippen molar-refractivity contribution in [3.05, 3.63) is 36.5 Å². The molecule has 0 spiro atoms. The predicted molar refractivity (Wildman–Crippen MR) is 275 cm³/mol. The molecule has 6 heteroatoms. The number of carbonyl (C=O) groups excluding carboxylic acids is 3. The third kappa shape index (κ3) is 50.6. The number of hydrogen-bond donors (Lipinski definition) is 0. The van der Waals surface area contributed by atoms with Gasteiger partial charge >= 0.3 is 17.9 Å². The molecule has 0 aromatic heterocycles. The first-order chi connectivity index (χ1) is 31.5. The van der Waals surface area contributed by atoms with Gasteiger partial charge in [-0.3, -0.25) is 14.4 Å². The van der Waals surface area contributed by atoms with E-state index in [1.54, 1.807) is 0 Å². The van der Waals surface area contributed by atoms with E-state index >= 15 is 0 Å². The molecule has 0 aliphatic carbocycles. The lowest BCUT2D eigenvalue weighted by atomic mass is 10.1. The van der Waals surface area contributed by atoms with Crippen molar-refractivity contribution in [2.24, 2.45) is 0 Å². The summed E-state index contributed by atoms with van der Waals surface area (Å²) in [6, 6.07) is 0. The van der Waals surface area contributed by atoms with Gasteiger partial charge in [-0.25, -0.2) is 0 Å². The fourth-order valence-electron chi connectivity index (χ4n) is 8.06. The van der Waals surface area contributed by atoms with Gasteiger partial charge < -0.3 is 14.2 Å². The summed E-state index contributed by atoms with van der Waals surface area (Å²) in [4.78, 5) is 38.0. The lowest BCUT2D eigenvalue weighted by Crippen LogP contribution is -2.30. The summed E-state index contributed by atoms with van der Waals surface area (Å²) in [7, 11) is 0. The number of unbranched alkanes of at least 4 members (excludes halogenated alkanes) is 34. The quantitative estimate of drug-likeness (QED) is 0.0262. The summed E-state index contributed by atoms with van der Waals surface area (Å²) in [5, 5.41) is 0. The van der Waals surface area contributed by atoms with E-state index in [0.717, 1.165) is 64.2 Å². The van der Waals surface area contributed by atoms with Crippen LogP contribution in [0.15, 0.2) is 36.5 Å². The molecule has 0 aliphatic rings. The van der Waals surface area contributed by atoms with Gasteiger partial charge in [0.1, 0.15) is 13.2 Å². The van der Waals surface area contributed by atoms with Crippen LogP contribution in [-0.2, 0) is 28.6 Å². The standard InChI is InChI=1S/C58H106O6/c1-4-7-10-13-16-19-22-24-26-28-30-31-33-36-39-42-45-48-51-57(60)63-54-55(53-62-56(59)50-47-44-41-38-35-21-18-15-12-9-6-3)64-58(61)52-49-46-43-40-37-34-32-29-27-25-23-20-17-14-11-8-5-2/h15,18,25-28,55H,4-14,16-17,19-24,29-54H2,1-3H3/b18-15-,27-25-,28-26-. The highest BCUT2D eigenvalue weighted by molar-refractivity contribution is 5.71. The maximum Gasteiger partial charge on any atom is 0.306 e. The first kappa shape index (κ1) is 61.6. The van der Waals surface area contributed by atoms with E-state index in [4.69, 9.17) is 14.2 Å².